The third kappa shape index (κ3) is 4.18. The van der Waals surface area contributed by atoms with Crippen LogP contribution in [0.15, 0.2) is 30.3 Å². The van der Waals surface area contributed by atoms with Crippen molar-refractivity contribution in [2.24, 2.45) is 0 Å². The van der Waals surface area contributed by atoms with E-state index in [2.05, 4.69) is 5.32 Å². The molecule has 1 aromatic carbocycles. The Balaban J connectivity index is 2.60. The van der Waals surface area contributed by atoms with E-state index in [4.69, 9.17) is 5.11 Å². The minimum atomic E-state index is -0.981. The second kappa shape index (κ2) is 6.76. The van der Waals surface area contributed by atoms with E-state index in [1.54, 1.807) is 19.0 Å². The number of para-hydroxylation sites is 1. The molecule has 0 bridgehead atoms. The fraction of sp³-hybridized carbons (Fsp3) is 0.385. The van der Waals surface area contributed by atoms with Crippen molar-refractivity contribution in [1.82, 2.24) is 5.32 Å². The van der Waals surface area contributed by atoms with Crippen LogP contribution in [0.5, 0.6) is 0 Å². The number of carbonyl (C=O) groups is 2. The number of Topliss-reactive ketones (excluding diaryl/α,β-unsaturated/α-hetero) is 1. The maximum Gasteiger partial charge on any atom is 0.305 e. The third-order valence-corrected chi connectivity index (χ3v) is 2.71. The summed E-state index contributed by atoms with van der Waals surface area (Å²) in [5.74, 6) is -1.11. The first-order chi connectivity index (χ1) is 8.54. The van der Waals surface area contributed by atoms with Gasteiger partial charge < -0.3 is 15.3 Å². The average Bonchev–Trinajstić information content (AvgIpc) is 2.36. The second-order valence-electron chi connectivity index (χ2n) is 4.10. The molecule has 0 spiro atoms. The maximum absolute atomic E-state index is 11.9. The normalized spacial score (nSPS) is 11.9. The van der Waals surface area contributed by atoms with Gasteiger partial charge in [-0.3, -0.25) is 9.59 Å². The lowest BCUT2D eigenvalue weighted by molar-refractivity contribution is -0.139. The van der Waals surface area contributed by atoms with Crippen LogP contribution in [0.2, 0.25) is 0 Å². The van der Waals surface area contributed by atoms with Gasteiger partial charge in [0.1, 0.15) is 0 Å². The van der Waals surface area contributed by atoms with Gasteiger partial charge in [-0.2, -0.15) is 0 Å². The SMILES string of the molecule is CN[C@@H](CC(=O)O)C(=O)CN(C)c1ccccc1. The van der Waals surface area contributed by atoms with Gasteiger partial charge in [0.05, 0.1) is 19.0 Å². The highest BCUT2D eigenvalue weighted by atomic mass is 16.4. The summed E-state index contributed by atoms with van der Waals surface area (Å²) >= 11 is 0. The molecular weight excluding hydrogens is 232 g/mol. The first-order valence-electron chi connectivity index (χ1n) is 5.72. The van der Waals surface area contributed by atoms with Crippen LogP contribution in [0.3, 0.4) is 0 Å². The molecule has 0 radical (unpaired) electrons. The number of benzene rings is 1. The van der Waals surface area contributed by atoms with Gasteiger partial charge in [-0.05, 0) is 19.2 Å². The van der Waals surface area contributed by atoms with Gasteiger partial charge in [0.2, 0.25) is 0 Å². The van der Waals surface area contributed by atoms with Gasteiger partial charge in [-0.25, -0.2) is 0 Å². The first kappa shape index (κ1) is 14.2. The number of carbonyl (C=O) groups excluding carboxylic acids is 1. The Labute approximate surface area is 106 Å². The van der Waals surface area contributed by atoms with Crippen molar-refractivity contribution in [2.45, 2.75) is 12.5 Å². The monoisotopic (exact) mass is 250 g/mol. The van der Waals surface area contributed by atoms with Crippen LogP contribution >= 0.6 is 0 Å². The number of carboxylic acid groups (broad SMARTS) is 1. The van der Waals surface area contributed by atoms with Crippen molar-refractivity contribution >= 4 is 17.4 Å². The van der Waals surface area contributed by atoms with Crippen molar-refractivity contribution < 1.29 is 14.7 Å². The van der Waals surface area contributed by atoms with E-state index in [1.165, 1.54) is 0 Å². The summed E-state index contributed by atoms with van der Waals surface area (Å²) in [4.78, 5) is 24.3. The number of likely N-dealkylation sites (N-methyl/N-ethyl adjacent to an activating group) is 2. The predicted molar refractivity (Wildman–Crippen MR) is 69.8 cm³/mol. The molecule has 1 rings (SSSR count). The lowest BCUT2D eigenvalue weighted by Gasteiger charge is -2.21. The summed E-state index contributed by atoms with van der Waals surface area (Å²) in [7, 11) is 3.40. The van der Waals surface area contributed by atoms with Crippen molar-refractivity contribution in [3.63, 3.8) is 0 Å². The summed E-state index contributed by atoms with van der Waals surface area (Å²) in [5.41, 5.74) is 0.927. The van der Waals surface area contributed by atoms with Gasteiger partial charge >= 0.3 is 5.97 Å². The number of hydrogen-bond donors (Lipinski definition) is 2. The van der Waals surface area contributed by atoms with Crippen LogP contribution in [0.1, 0.15) is 6.42 Å². The van der Waals surface area contributed by atoms with E-state index in [1.807, 2.05) is 30.3 Å². The quantitative estimate of drug-likeness (QED) is 0.747. The zero-order valence-corrected chi connectivity index (χ0v) is 10.6. The van der Waals surface area contributed by atoms with E-state index in [9.17, 15) is 9.59 Å². The van der Waals surface area contributed by atoms with E-state index in [0.29, 0.717) is 0 Å². The third-order valence-electron chi connectivity index (χ3n) is 2.71. The Bertz CT molecular complexity index is 406. The Morgan fingerprint density at radius 2 is 1.94 bits per heavy atom. The minimum absolute atomic E-state index is 0.133. The van der Waals surface area contributed by atoms with E-state index < -0.39 is 12.0 Å². The predicted octanol–water partition coefficient (Wildman–Crippen LogP) is 0.755. The molecule has 5 heteroatoms. The van der Waals surface area contributed by atoms with Crippen molar-refractivity contribution in [3.8, 4) is 0 Å². The van der Waals surface area contributed by atoms with Gasteiger partial charge in [0.15, 0.2) is 5.78 Å². The molecule has 0 saturated carbocycles. The van der Waals surface area contributed by atoms with Crippen LogP contribution in [0.4, 0.5) is 5.69 Å². The van der Waals surface area contributed by atoms with Gasteiger partial charge in [0.25, 0.3) is 0 Å². The molecule has 2 N–H and O–H groups in total. The molecule has 0 aliphatic heterocycles. The van der Waals surface area contributed by atoms with Gasteiger partial charge in [0, 0.05) is 12.7 Å². The fourth-order valence-electron chi connectivity index (χ4n) is 1.67. The molecule has 0 aliphatic rings. The fourth-order valence-corrected chi connectivity index (χ4v) is 1.67. The number of ketones is 1. The molecule has 0 saturated heterocycles. The summed E-state index contributed by atoms with van der Waals surface area (Å²) in [6.07, 6.45) is -0.196. The summed E-state index contributed by atoms with van der Waals surface area (Å²) in [6, 6.07) is 8.85. The number of hydrogen-bond acceptors (Lipinski definition) is 4. The summed E-state index contributed by atoms with van der Waals surface area (Å²) < 4.78 is 0. The highest BCUT2D eigenvalue weighted by Crippen LogP contribution is 2.11. The minimum Gasteiger partial charge on any atom is -0.481 e. The Kier molecular flexibility index (Phi) is 5.32. The largest absolute Gasteiger partial charge is 0.481 e. The molecule has 18 heavy (non-hydrogen) atoms. The number of nitrogens with zero attached hydrogens (tertiary/aromatic N) is 1. The van der Waals surface area contributed by atoms with Crippen LogP contribution in [-0.2, 0) is 9.59 Å². The van der Waals surface area contributed by atoms with Crippen LogP contribution in [0.25, 0.3) is 0 Å². The van der Waals surface area contributed by atoms with Crippen LogP contribution in [-0.4, -0.2) is 43.5 Å². The van der Waals surface area contributed by atoms with Crippen LogP contribution in [0, 0.1) is 0 Å². The molecule has 1 atom stereocenters. The molecular formula is C13H18N2O3. The molecule has 0 unspecified atom stereocenters. The number of rotatable bonds is 7. The van der Waals surface area contributed by atoms with Crippen molar-refractivity contribution in [3.05, 3.63) is 30.3 Å². The Morgan fingerprint density at radius 1 is 1.33 bits per heavy atom. The second-order valence-corrected chi connectivity index (χ2v) is 4.10. The molecule has 0 amide bonds. The number of anilines is 1. The molecule has 1 aromatic rings. The van der Waals surface area contributed by atoms with Crippen LogP contribution < -0.4 is 10.2 Å². The Hall–Kier alpha value is -1.88. The molecule has 0 aromatic heterocycles. The lowest BCUT2D eigenvalue weighted by atomic mass is 10.1. The average molecular weight is 250 g/mol. The molecule has 0 heterocycles. The topological polar surface area (TPSA) is 69.6 Å². The standard InChI is InChI=1S/C13H18N2O3/c1-14-11(8-13(17)18)12(16)9-15(2)10-6-4-3-5-7-10/h3-7,11,14H,8-9H2,1-2H3,(H,17,18)/t11-/m0/s1. The first-order valence-corrected chi connectivity index (χ1v) is 5.72. The lowest BCUT2D eigenvalue weighted by Crippen LogP contribution is -2.41. The zero-order chi connectivity index (χ0) is 13.5. The summed E-state index contributed by atoms with van der Waals surface area (Å²) in [6.45, 7) is 0.183. The number of nitrogens with one attached hydrogen (secondary N) is 1. The van der Waals surface area contributed by atoms with Gasteiger partial charge in [-0.15, -0.1) is 0 Å². The maximum atomic E-state index is 11.9. The highest BCUT2D eigenvalue weighted by Gasteiger charge is 2.20. The zero-order valence-electron chi connectivity index (χ0n) is 10.6. The van der Waals surface area contributed by atoms with Crippen molar-refractivity contribution in [2.75, 3.05) is 25.5 Å². The smallest absolute Gasteiger partial charge is 0.305 e. The Morgan fingerprint density at radius 3 is 2.44 bits per heavy atom. The van der Waals surface area contributed by atoms with Crippen molar-refractivity contribution in [1.29, 1.82) is 0 Å². The molecule has 98 valence electrons. The molecule has 0 fully saturated rings. The molecule has 5 nitrogen and oxygen atoms in total. The number of carboxylic acids is 1. The van der Waals surface area contributed by atoms with E-state index >= 15 is 0 Å². The summed E-state index contributed by atoms with van der Waals surface area (Å²) in [5, 5.41) is 11.4. The highest BCUT2D eigenvalue weighted by molar-refractivity contribution is 5.91. The number of aliphatic carboxylic acids is 1. The molecule has 0 aliphatic carbocycles. The van der Waals surface area contributed by atoms with E-state index in [-0.39, 0.29) is 18.7 Å². The van der Waals surface area contributed by atoms with Gasteiger partial charge in [-0.1, -0.05) is 18.2 Å². The van der Waals surface area contributed by atoms with E-state index in [0.717, 1.165) is 5.69 Å².